The first-order valence-electron chi connectivity index (χ1n) is 7.89. The van der Waals surface area contributed by atoms with E-state index in [1.165, 1.54) is 11.8 Å². The highest BCUT2D eigenvalue weighted by atomic mass is 32.2. The van der Waals surface area contributed by atoms with E-state index < -0.39 is 0 Å². The Balaban J connectivity index is 1.87. The van der Waals surface area contributed by atoms with E-state index >= 15 is 0 Å². The Hall–Kier alpha value is -1.93. The number of nitrogens with zero attached hydrogens (tertiary/aromatic N) is 5. The van der Waals surface area contributed by atoms with Crippen molar-refractivity contribution in [3.05, 3.63) is 41.7 Å². The van der Waals surface area contributed by atoms with Crippen molar-refractivity contribution in [2.75, 3.05) is 18.9 Å². The van der Waals surface area contributed by atoms with Gasteiger partial charge < -0.3 is 10.0 Å². The number of hydrogen-bond donors (Lipinski definition) is 1. The van der Waals surface area contributed by atoms with Gasteiger partial charge in [0.15, 0.2) is 5.82 Å². The van der Waals surface area contributed by atoms with Crippen molar-refractivity contribution in [3.8, 4) is 0 Å². The van der Waals surface area contributed by atoms with E-state index in [1.807, 2.05) is 44.2 Å². The molecule has 0 fully saturated rings. The molecule has 1 amide bonds. The second-order valence-electron chi connectivity index (χ2n) is 5.65. The van der Waals surface area contributed by atoms with Crippen LogP contribution in [0.3, 0.4) is 0 Å². The Kier molecular flexibility index (Phi) is 7.20. The highest BCUT2D eigenvalue weighted by molar-refractivity contribution is 7.99. The molecule has 0 atom stereocenters. The van der Waals surface area contributed by atoms with Crippen LogP contribution < -0.4 is 0 Å². The van der Waals surface area contributed by atoms with Gasteiger partial charge in [-0.2, -0.15) is 0 Å². The van der Waals surface area contributed by atoms with Gasteiger partial charge in [0, 0.05) is 13.1 Å². The van der Waals surface area contributed by atoms with E-state index in [2.05, 4.69) is 15.5 Å². The second-order valence-corrected chi connectivity index (χ2v) is 6.64. The van der Waals surface area contributed by atoms with Gasteiger partial charge in [0.05, 0.1) is 24.2 Å². The number of carbonyl (C=O) groups is 1. The van der Waals surface area contributed by atoms with E-state index in [1.54, 1.807) is 9.58 Å². The summed E-state index contributed by atoms with van der Waals surface area (Å²) in [7, 11) is 0. The molecule has 0 saturated carbocycles. The number of benzene rings is 1. The molecule has 0 radical (unpaired) electrons. The summed E-state index contributed by atoms with van der Waals surface area (Å²) < 4.78 is 1.76. The van der Waals surface area contributed by atoms with Gasteiger partial charge in [0.25, 0.3) is 0 Å². The number of carbonyl (C=O) groups excluding carboxylic acids is 1. The van der Waals surface area contributed by atoms with Crippen LogP contribution in [0.2, 0.25) is 0 Å². The number of amides is 1. The molecule has 2 aromatic rings. The Labute approximate surface area is 146 Å². The van der Waals surface area contributed by atoms with Crippen LogP contribution in [0.5, 0.6) is 0 Å². The van der Waals surface area contributed by atoms with Gasteiger partial charge >= 0.3 is 0 Å². The maximum Gasteiger partial charge on any atom is 0.232 e. The van der Waals surface area contributed by atoms with Crippen molar-refractivity contribution in [1.29, 1.82) is 0 Å². The lowest BCUT2D eigenvalue weighted by Crippen LogP contribution is -2.34. The van der Waals surface area contributed by atoms with Crippen LogP contribution in [0.1, 0.15) is 31.3 Å². The third kappa shape index (κ3) is 5.31. The normalized spacial score (nSPS) is 11.0. The van der Waals surface area contributed by atoms with Crippen molar-refractivity contribution in [1.82, 2.24) is 25.1 Å². The molecule has 2 rings (SSSR count). The van der Waals surface area contributed by atoms with Crippen LogP contribution in [0.4, 0.5) is 0 Å². The summed E-state index contributed by atoms with van der Waals surface area (Å²) in [4.78, 5) is 14.1. The molecule has 7 nitrogen and oxygen atoms in total. The molecule has 130 valence electrons. The quantitative estimate of drug-likeness (QED) is 0.739. The van der Waals surface area contributed by atoms with Crippen LogP contribution >= 0.6 is 11.8 Å². The average molecular weight is 349 g/mol. The molecular formula is C16H23N5O2S. The maximum atomic E-state index is 12.4. The lowest BCUT2D eigenvalue weighted by molar-refractivity contribution is -0.129. The van der Waals surface area contributed by atoms with E-state index in [9.17, 15) is 9.90 Å². The molecule has 0 aliphatic carbocycles. The molecule has 0 aliphatic rings. The molecule has 1 N–H and O–H groups in total. The summed E-state index contributed by atoms with van der Waals surface area (Å²) in [6.07, 6.45) is 0. The fraction of sp³-hybridized carbons (Fsp3) is 0.500. The number of rotatable bonds is 9. The van der Waals surface area contributed by atoms with Gasteiger partial charge in [-0.1, -0.05) is 30.3 Å². The molecule has 0 spiro atoms. The summed E-state index contributed by atoms with van der Waals surface area (Å²) in [6.45, 7) is 4.81. The summed E-state index contributed by atoms with van der Waals surface area (Å²) in [5.41, 5.74) is 1.05. The molecule has 24 heavy (non-hydrogen) atoms. The molecule has 1 aromatic heterocycles. The van der Waals surface area contributed by atoms with Gasteiger partial charge in [-0.05, 0) is 29.8 Å². The molecule has 0 unspecified atom stereocenters. The lowest BCUT2D eigenvalue weighted by atomic mass is 10.2. The summed E-state index contributed by atoms with van der Waals surface area (Å²) in [5, 5.41) is 20.8. The topological polar surface area (TPSA) is 84.1 Å². The average Bonchev–Trinajstić information content (AvgIpc) is 3.04. The monoisotopic (exact) mass is 349 g/mol. The van der Waals surface area contributed by atoms with Crippen LogP contribution in [-0.4, -0.2) is 55.0 Å². The van der Waals surface area contributed by atoms with Crippen molar-refractivity contribution in [2.45, 2.75) is 32.2 Å². The number of aliphatic hydroxyl groups excluding tert-OH is 1. The number of hydrogen-bond acceptors (Lipinski definition) is 6. The molecule has 1 heterocycles. The molecular weight excluding hydrogens is 326 g/mol. The minimum absolute atomic E-state index is 0.00137. The van der Waals surface area contributed by atoms with Gasteiger partial charge in [0.2, 0.25) is 5.91 Å². The third-order valence-corrected chi connectivity index (χ3v) is 4.36. The summed E-state index contributed by atoms with van der Waals surface area (Å²) in [6, 6.07) is 9.96. The maximum absolute atomic E-state index is 12.4. The zero-order chi connectivity index (χ0) is 17.4. The van der Waals surface area contributed by atoms with Crippen molar-refractivity contribution < 1.29 is 9.90 Å². The van der Waals surface area contributed by atoms with Crippen LogP contribution in [0.25, 0.3) is 0 Å². The SMILES string of the molecule is CC(C)n1nnnc1CSCC(=O)N(CCO)Cc1ccccc1. The number of thioether (sulfide) groups is 1. The largest absolute Gasteiger partial charge is 0.395 e. The fourth-order valence-corrected chi connectivity index (χ4v) is 3.08. The van der Waals surface area contributed by atoms with E-state index in [0.717, 1.165) is 11.4 Å². The van der Waals surface area contributed by atoms with Gasteiger partial charge in [-0.3, -0.25) is 4.79 Å². The highest BCUT2D eigenvalue weighted by Crippen LogP contribution is 2.14. The van der Waals surface area contributed by atoms with Crippen molar-refractivity contribution in [3.63, 3.8) is 0 Å². The first-order chi connectivity index (χ1) is 11.6. The molecule has 0 aliphatic heterocycles. The van der Waals surface area contributed by atoms with Crippen LogP contribution in [-0.2, 0) is 17.1 Å². The lowest BCUT2D eigenvalue weighted by Gasteiger charge is -2.21. The first-order valence-corrected chi connectivity index (χ1v) is 9.04. The Morgan fingerprint density at radius 3 is 2.75 bits per heavy atom. The third-order valence-electron chi connectivity index (χ3n) is 3.45. The zero-order valence-corrected chi connectivity index (χ0v) is 14.8. The standard InChI is InChI=1S/C16H23N5O2S/c1-13(2)21-15(17-18-19-21)11-24-12-16(23)20(8-9-22)10-14-6-4-3-5-7-14/h3-7,13,22H,8-12H2,1-2H3. The minimum atomic E-state index is -0.0468. The van der Waals surface area contributed by atoms with Crippen LogP contribution in [0.15, 0.2) is 30.3 Å². The minimum Gasteiger partial charge on any atom is -0.395 e. The smallest absolute Gasteiger partial charge is 0.232 e. The predicted octanol–water partition coefficient (Wildman–Crippen LogP) is 1.51. The van der Waals surface area contributed by atoms with Gasteiger partial charge in [-0.25, -0.2) is 4.68 Å². The summed E-state index contributed by atoms with van der Waals surface area (Å²) in [5.74, 6) is 1.67. The number of aliphatic hydroxyl groups is 1. The molecule has 8 heteroatoms. The van der Waals surface area contributed by atoms with E-state index in [-0.39, 0.29) is 18.6 Å². The van der Waals surface area contributed by atoms with Crippen molar-refractivity contribution >= 4 is 17.7 Å². The van der Waals surface area contributed by atoms with Gasteiger partial charge in [-0.15, -0.1) is 16.9 Å². The van der Waals surface area contributed by atoms with Gasteiger partial charge in [0.1, 0.15) is 0 Å². The second kappa shape index (κ2) is 9.39. The molecule has 0 saturated heterocycles. The fourth-order valence-electron chi connectivity index (χ4n) is 2.25. The molecule has 1 aromatic carbocycles. The highest BCUT2D eigenvalue weighted by Gasteiger charge is 2.15. The number of aromatic nitrogens is 4. The first kappa shape index (κ1) is 18.4. The van der Waals surface area contributed by atoms with Crippen LogP contribution in [0, 0.1) is 0 Å². The van der Waals surface area contributed by atoms with E-state index in [4.69, 9.17) is 0 Å². The Morgan fingerprint density at radius 1 is 1.33 bits per heavy atom. The Bertz CT molecular complexity index is 632. The summed E-state index contributed by atoms with van der Waals surface area (Å²) >= 11 is 1.48. The zero-order valence-electron chi connectivity index (χ0n) is 14.0. The van der Waals surface area contributed by atoms with Crippen molar-refractivity contribution in [2.24, 2.45) is 0 Å². The predicted molar refractivity (Wildman–Crippen MR) is 93.3 cm³/mol. The molecule has 0 bridgehead atoms. The Morgan fingerprint density at radius 2 is 2.08 bits per heavy atom. The number of tetrazole rings is 1. The van der Waals surface area contributed by atoms with E-state index in [0.29, 0.717) is 24.6 Å².